The van der Waals surface area contributed by atoms with Crippen LogP contribution in [0.4, 0.5) is 0 Å². The van der Waals surface area contributed by atoms with Gasteiger partial charge in [-0.2, -0.15) is 0 Å². The third-order valence-electron chi connectivity index (χ3n) is 8.91. The fourth-order valence-corrected chi connectivity index (χ4v) is 6.29. The van der Waals surface area contributed by atoms with Gasteiger partial charge in [0.15, 0.2) is 0 Å². The molecule has 5 rings (SSSR count). The van der Waals surface area contributed by atoms with E-state index < -0.39 is 5.60 Å². The lowest BCUT2D eigenvalue weighted by molar-refractivity contribution is 0.0785. The van der Waals surface area contributed by atoms with Crippen molar-refractivity contribution < 1.29 is 9.90 Å². The standard InChI is InChI=1S/C30H41ClN2O2/c1-19-25(28(34)32-24-11-8-12-24)26(31)27(33(19)18-20-9-6-5-7-10-20)21-15-22(29(2,3)35)17-23(16-21)30(4)13-14-30/h15-17,20,24,35H,5-14,18H2,1-4H3,(H,32,34). The summed E-state index contributed by atoms with van der Waals surface area (Å²) < 4.78 is 2.32. The highest BCUT2D eigenvalue weighted by Gasteiger charge is 2.40. The van der Waals surface area contributed by atoms with E-state index in [1.54, 1.807) is 0 Å². The normalized spacial score (nSPS) is 20.5. The van der Waals surface area contributed by atoms with Crippen molar-refractivity contribution in [2.75, 3.05) is 0 Å². The lowest BCUT2D eigenvalue weighted by atomic mass is 9.87. The third-order valence-corrected chi connectivity index (χ3v) is 9.27. The Morgan fingerprint density at radius 3 is 2.37 bits per heavy atom. The second kappa shape index (κ2) is 9.27. The van der Waals surface area contributed by atoms with Gasteiger partial charge in [-0.25, -0.2) is 0 Å². The summed E-state index contributed by atoms with van der Waals surface area (Å²) in [6, 6.07) is 6.77. The van der Waals surface area contributed by atoms with E-state index in [2.05, 4.69) is 41.9 Å². The first-order chi connectivity index (χ1) is 16.6. The van der Waals surface area contributed by atoms with E-state index >= 15 is 0 Å². The van der Waals surface area contributed by atoms with Crippen molar-refractivity contribution in [3.8, 4) is 11.3 Å². The van der Waals surface area contributed by atoms with Gasteiger partial charge in [0.2, 0.25) is 0 Å². The lowest BCUT2D eigenvalue weighted by Crippen LogP contribution is -2.39. The van der Waals surface area contributed by atoms with Gasteiger partial charge in [0, 0.05) is 23.8 Å². The molecule has 3 saturated carbocycles. The van der Waals surface area contributed by atoms with E-state index in [-0.39, 0.29) is 17.4 Å². The van der Waals surface area contributed by atoms with Gasteiger partial charge in [0.05, 0.1) is 21.9 Å². The maximum Gasteiger partial charge on any atom is 0.254 e. The molecular weight excluding hydrogens is 456 g/mol. The molecule has 0 spiro atoms. The van der Waals surface area contributed by atoms with E-state index in [1.807, 2.05) is 13.8 Å². The number of nitrogens with zero attached hydrogens (tertiary/aromatic N) is 1. The van der Waals surface area contributed by atoms with Crippen LogP contribution >= 0.6 is 11.6 Å². The van der Waals surface area contributed by atoms with Gasteiger partial charge in [0.1, 0.15) is 0 Å². The Kier molecular flexibility index (Phi) is 6.59. The molecule has 1 heterocycles. The maximum absolute atomic E-state index is 13.4. The molecule has 2 N–H and O–H groups in total. The predicted octanol–water partition coefficient (Wildman–Crippen LogP) is 7.26. The number of carbonyl (C=O) groups is 1. The highest BCUT2D eigenvalue weighted by Crippen LogP contribution is 2.50. The fourth-order valence-electron chi connectivity index (χ4n) is 5.85. The van der Waals surface area contributed by atoms with E-state index in [0.717, 1.165) is 54.7 Å². The zero-order chi connectivity index (χ0) is 25.0. The third kappa shape index (κ3) is 4.93. The summed E-state index contributed by atoms with van der Waals surface area (Å²) >= 11 is 7.13. The molecule has 2 aromatic rings. The van der Waals surface area contributed by atoms with Gasteiger partial charge in [-0.15, -0.1) is 0 Å². The van der Waals surface area contributed by atoms with Crippen molar-refractivity contribution in [3.63, 3.8) is 0 Å². The molecule has 0 saturated heterocycles. The number of rotatable bonds is 7. The molecule has 0 bridgehead atoms. The minimum Gasteiger partial charge on any atom is -0.386 e. The smallest absolute Gasteiger partial charge is 0.254 e. The quantitative estimate of drug-likeness (QED) is 0.423. The van der Waals surface area contributed by atoms with Crippen LogP contribution in [0.1, 0.15) is 112 Å². The number of hydrogen-bond acceptors (Lipinski definition) is 2. The number of hydrogen-bond donors (Lipinski definition) is 2. The Balaban J connectivity index is 1.64. The molecule has 3 aliphatic carbocycles. The Labute approximate surface area is 215 Å². The van der Waals surface area contributed by atoms with Crippen molar-refractivity contribution in [3.05, 3.63) is 45.6 Å². The van der Waals surface area contributed by atoms with Crippen LogP contribution < -0.4 is 5.32 Å². The number of aliphatic hydroxyl groups is 1. The van der Waals surface area contributed by atoms with Crippen molar-refractivity contribution in [1.82, 2.24) is 9.88 Å². The molecule has 0 radical (unpaired) electrons. The predicted molar refractivity (Wildman–Crippen MR) is 143 cm³/mol. The summed E-state index contributed by atoms with van der Waals surface area (Å²) in [5.41, 5.74) is 4.89. The Hall–Kier alpha value is -1.78. The van der Waals surface area contributed by atoms with Gasteiger partial charge in [-0.3, -0.25) is 4.79 Å². The van der Waals surface area contributed by atoms with Crippen molar-refractivity contribution >= 4 is 17.5 Å². The molecule has 4 nitrogen and oxygen atoms in total. The topological polar surface area (TPSA) is 54.3 Å². The number of nitrogens with one attached hydrogen (secondary N) is 1. The molecule has 0 unspecified atom stereocenters. The molecule has 3 fully saturated rings. The lowest BCUT2D eigenvalue weighted by Gasteiger charge is -2.26. The highest BCUT2D eigenvalue weighted by atomic mass is 35.5. The Morgan fingerprint density at radius 1 is 1.11 bits per heavy atom. The number of carbonyl (C=O) groups excluding carboxylic acids is 1. The summed E-state index contributed by atoms with van der Waals surface area (Å²) in [6.07, 6.45) is 11.9. The summed E-state index contributed by atoms with van der Waals surface area (Å²) in [4.78, 5) is 13.4. The zero-order valence-corrected chi connectivity index (χ0v) is 22.6. The molecule has 1 aromatic carbocycles. The van der Waals surface area contributed by atoms with Crippen molar-refractivity contribution in [1.29, 1.82) is 0 Å². The molecule has 1 amide bonds. The monoisotopic (exact) mass is 496 g/mol. The van der Waals surface area contributed by atoms with Crippen LogP contribution in [0, 0.1) is 12.8 Å². The minimum absolute atomic E-state index is 0.0473. The van der Waals surface area contributed by atoms with Crippen LogP contribution in [0.25, 0.3) is 11.3 Å². The van der Waals surface area contributed by atoms with Crippen molar-refractivity contribution in [2.24, 2.45) is 5.92 Å². The number of aromatic nitrogens is 1. The Morgan fingerprint density at radius 2 is 1.80 bits per heavy atom. The molecule has 3 aliphatic rings. The van der Waals surface area contributed by atoms with Crippen LogP contribution in [0.15, 0.2) is 18.2 Å². The first-order valence-electron chi connectivity index (χ1n) is 13.6. The van der Waals surface area contributed by atoms with Crippen LogP contribution in [-0.4, -0.2) is 21.6 Å². The van der Waals surface area contributed by atoms with E-state index in [1.165, 1.54) is 44.1 Å². The second-order valence-electron chi connectivity index (χ2n) is 12.3. The van der Waals surface area contributed by atoms with Crippen LogP contribution in [0.3, 0.4) is 0 Å². The first-order valence-corrected chi connectivity index (χ1v) is 14.0. The van der Waals surface area contributed by atoms with Gasteiger partial charge >= 0.3 is 0 Å². The van der Waals surface area contributed by atoms with Crippen molar-refractivity contribution in [2.45, 2.75) is 116 Å². The van der Waals surface area contributed by atoms with E-state index in [0.29, 0.717) is 16.5 Å². The van der Waals surface area contributed by atoms with Gasteiger partial charge in [0.25, 0.3) is 5.91 Å². The average Bonchev–Trinajstić information content (AvgIpc) is 3.49. The van der Waals surface area contributed by atoms with Crippen LogP contribution in [0.5, 0.6) is 0 Å². The zero-order valence-electron chi connectivity index (χ0n) is 21.8. The maximum atomic E-state index is 13.4. The van der Waals surface area contributed by atoms with Gasteiger partial charge in [-0.05, 0) is 100 Å². The largest absolute Gasteiger partial charge is 0.386 e. The van der Waals surface area contributed by atoms with Gasteiger partial charge in [-0.1, -0.05) is 43.9 Å². The summed E-state index contributed by atoms with van der Waals surface area (Å²) in [5.74, 6) is 0.555. The average molecular weight is 497 g/mol. The Bertz CT molecular complexity index is 1090. The molecular formula is C30H41ClN2O2. The number of halogens is 1. The summed E-state index contributed by atoms with van der Waals surface area (Å²) in [6.45, 7) is 8.92. The first kappa shape index (κ1) is 24.9. The minimum atomic E-state index is -0.956. The summed E-state index contributed by atoms with van der Waals surface area (Å²) in [5, 5.41) is 14.7. The molecule has 35 heavy (non-hydrogen) atoms. The van der Waals surface area contributed by atoms with Gasteiger partial charge < -0.3 is 15.0 Å². The molecule has 0 aliphatic heterocycles. The van der Waals surface area contributed by atoms with E-state index in [9.17, 15) is 9.90 Å². The highest BCUT2D eigenvalue weighted by molar-refractivity contribution is 6.36. The fraction of sp³-hybridized carbons (Fsp3) is 0.633. The summed E-state index contributed by atoms with van der Waals surface area (Å²) in [7, 11) is 0. The van der Waals surface area contributed by atoms with E-state index in [4.69, 9.17) is 11.6 Å². The second-order valence-corrected chi connectivity index (χ2v) is 12.6. The van der Waals surface area contributed by atoms with Crippen LogP contribution in [-0.2, 0) is 17.6 Å². The molecule has 5 heteroatoms. The van der Waals surface area contributed by atoms with Crippen LogP contribution in [0.2, 0.25) is 5.02 Å². The molecule has 190 valence electrons. The molecule has 0 atom stereocenters. The number of benzene rings is 1. The molecule has 1 aromatic heterocycles. The SMILES string of the molecule is Cc1c(C(=O)NC2CCC2)c(Cl)c(-c2cc(C(C)(C)O)cc(C3(C)CC3)c2)n1CC1CCCCC1. The number of amides is 1.